The monoisotopic (exact) mass is 435 g/mol. The largest absolute Gasteiger partial charge is 0.491 e. The van der Waals surface area contributed by atoms with Gasteiger partial charge in [0.2, 0.25) is 0 Å². The van der Waals surface area contributed by atoms with Gasteiger partial charge >= 0.3 is 6.09 Å². The quantitative estimate of drug-likeness (QED) is 0.631. The van der Waals surface area contributed by atoms with Crippen molar-refractivity contribution in [1.82, 2.24) is 4.90 Å². The minimum Gasteiger partial charge on any atom is -0.491 e. The highest BCUT2D eigenvalue weighted by atomic mass is 16.6. The highest BCUT2D eigenvalue weighted by Crippen LogP contribution is 2.23. The van der Waals surface area contributed by atoms with Crippen molar-refractivity contribution in [3.05, 3.63) is 24.3 Å². The Hall–Kier alpha value is -1.99. The van der Waals surface area contributed by atoms with Gasteiger partial charge < -0.3 is 29.7 Å². The Morgan fingerprint density at radius 1 is 1.06 bits per heavy atom. The summed E-state index contributed by atoms with van der Waals surface area (Å²) >= 11 is 0. The van der Waals surface area contributed by atoms with Crippen molar-refractivity contribution in [2.45, 2.75) is 71.7 Å². The van der Waals surface area contributed by atoms with Crippen LogP contribution in [0.4, 0.5) is 10.5 Å². The van der Waals surface area contributed by atoms with Gasteiger partial charge in [-0.3, -0.25) is 0 Å². The number of hydrogen-bond donors (Lipinski definition) is 1. The summed E-state index contributed by atoms with van der Waals surface area (Å²) in [7, 11) is 0. The van der Waals surface area contributed by atoms with Gasteiger partial charge in [0.1, 0.15) is 11.4 Å². The molecule has 7 nitrogen and oxygen atoms in total. The molecule has 0 aliphatic carbocycles. The molecule has 1 aromatic carbocycles. The van der Waals surface area contributed by atoms with Crippen LogP contribution in [0.5, 0.6) is 5.75 Å². The van der Waals surface area contributed by atoms with Gasteiger partial charge in [0.05, 0.1) is 18.3 Å². The summed E-state index contributed by atoms with van der Waals surface area (Å²) in [5.74, 6) is 0.852. The zero-order chi connectivity index (χ0) is 23.1. The number of benzene rings is 1. The van der Waals surface area contributed by atoms with Crippen LogP contribution < -0.4 is 15.4 Å². The van der Waals surface area contributed by atoms with E-state index in [1.807, 2.05) is 32.9 Å². The van der Waals surface area contributed by atoms with E-state index < -0.39 is 5.60 Å². The van der Waals surface area contributed by atoms with Crippen molar-refractivity contribution in [2.24, 2.45) is 5.73 Å². The average Bonchev–Trinajstić information content (AvgIpc) is 2.67. The summed E-state index contributed by atoms with van der Waals surface area (Å²) in [5.41, 5.74) is 6.11. The number of carbonyl (C=O) groups excluding carboxylic acids is 1. The Morgan fingerprint density at radius 2 is 1.68 bits per heavy atom. The molecule has 0 saturated carbocycles. The van der Waals surface area contributed by atoms with E-state index in [0.717, 1.165) is 37.4 Å². The molecule has 1 saturated heterocycles. The van der Waals surface area contributed by atoms with E-state index in [9.17, 15) is 4.79 Å². The van der Waals surface area contributed by atoms with Gasteiger partial charge in [-0.05, 0) is 78.8 Å². The lowest BCUT2D eigenvalue weighted by Crippen LogP contribution is -2.50. The number of hydrogen-bond acceptors (Lipinski definition) is 6. The van der Waals surface area contributed by atoms with E-state index in [2.05, 4.69) is 37.8 Å². The van der Waals surface area contributed by atoms with E-state index >= 15 is 0 Å². The Morgan fingerprint density at radius 3 is 2.23 bits per heavy atom. The van der Waals surface area contributed by atoms with Crippen LogP contribution in [0.2, 0.25) is 0 Å². The van der Waals surface area contributed by atoms with E-state index in [1.54, 1.807) is 4.90 Å². The summed E-state index contributed by atoms with van der Waals surface area (Å²) in [6, 6.07) is 8.16. The molecule has 0 radical (unpaired) electrons. The predicted octanol–water partition coefficient (Wildman–Crippen LogP) is 4.05. The van der Waals surface area contributed by atoms with Crippen molar-refractivity contribution >= 4 is 11.8 Å². The van der Waals surface area contributed by atoms with Gasteiger partial charge in [0.25, 0.3) is 0 Å². The lowest BCUT2D eigenvalue weighted by molar-refractivity contribution is -0.0311. The van der Waals surface area contributed by atoms with Crippen molar-refractivity contribution in [3.63, 3.8) is 0 Å². The molecule has 1 aliphatic heterocycles. The molecule has 1 amide bonds. The third-order valence-electron chi connectivity index (χ3n) is 5.23. The fourth-order valence-corrected chi connectivity index (χ4v) is 3.42. The third kappa shape index (κ3) is 8.95. The first kappa shape index (κ1) is 25.3. The van der Waals surface area contributed by atoms with E-state index in [1.165, 1.54) is 0 Å². The SMILES string of the molecule is CC(CCOC(C)(C)CCN)Oc1ccc(N2CCN(C(=O)OC(C)(C)C)CC2)cc1. The number of carbonyl (C=O) groups is 1. The molecule has 7 heteroatoms. The van der Waals surface area contributed by atoms with Gasteiger partial charge in [-0.2, -0.15) is 0 Å². The number of nitrogens with zero attached hydrogens (tertiary/aromatic N) is 2. The van der Waals surface area contributed by atoms with Crippen LogP contribution in [0.25, 0.3) is 0 Å². The number of amides is 1. The summed E-state index contributed by atoms with van der Waals surface area (Å²) in [4.78, 5) is 16.3. The van der Waals surface area contributed by atoms with Gasteiger partial charge in [-0.1, -0.05) is 0 Å². The van der Waals surface area contributed by atoms with Gasteiger partial charge in [0, 0.05) is 38.3 Å². The van der Waals surface area contributed by atoms with Crippen molar-refractivity contribution in [1.29, 1.82) is 0 Å². The second-order valence-corrected chi connectivity index (χ2v) is 9.81. The first-order chi connectivity index (χ1) is 14.5. The highest BCUT2D eigenvalue weighted by molar-refractivity contribution is 5.68. The Labute approximate surface area is 187 Å². The second-order valence-electron chi connectivity index (χ2n) is 9.81. The summed E-state index contributed by atoms with van der Waals surface area (Å²) in [6.07, 6.45) is 1.50. The standard InChI is InChI=1S/C24H41N3O4/c1-19(11-18-29-24(5,6)12-13-25)30-21-9-7-20(8-10-21)26-14-16-27(17-15-26)22(28)31-23(2,3)4/h7-10,19H,11-18,25H2,1-6H3. The number of anilines is 1. The van der Waals surface area contributed by atoms with E-state index in [4.69, 9.17) is 19.9 Å². The minimum atomic E-state index is -0.464. The number of ether oxygens (including phenoxy) is 3. The lowest BCUT2D eigenvalue weighted by atomic mass is 10.1. The second kappa shape index (κ2) is 11.0. The molecule has 1 aromatic rings. The average molecular weight is 436 g/mol. The van der Waals surface area contributed by atoms with Crippen molar-refractivity contribution in [3.8, 4) is 5.75 Å². The Bertz CT molecular complexity index is 677. The zero-order valence-corrected chi connectivity index (χ0v) is 20.1. The molecular formula is C24H41N3O4. The van der Waals surface area contributed by atoms with Crippen LogP contribution in [0.1, 0.15) is 54.4 Å². The minimum absolute atomic E-state index is 0.0666. The molecule has 31 heavy (non-hydrogen) atoms. The van der Waals surface area contributed by atoms with Crippen molar-refractivity contribution in [2.75, 3.05) is 44.2 Å². The maximum Gasteiger partial charge on any atom is 0.410 e. The molecule has 176 valence electrons. The lowest BCUT2D eigenvalue weighted by Gasteiger charge is -2.36. The third-order valence-corrected chi connectivity index (χ3v) is 5.23. The predicted molar refractivity (Wildman–Crippen MR) is 125 cm³/mol. The van der Waals surface area contributed by atoms with Crippen LogP contribution in [-0.4, -0.2) is 67.6 Å². The van der Waals surface area contributed by atoms with Gasteiger partial charge in [-0.15, -0.1) is 0 Å². The molecule has 2 N–H and O–H groups in total. The molecule has 1 unspecified atom stereocenters. The summed E-state index contributed by atoms with van der Waals surface area (Å²) in [5, 5.41) is 0. The molecule has 1 heterocycles. The van der Waals surface area contributed by atoms with Crippen molar-refractivity contribution < 1.29 is 19.0 Å². The zero-order valence-electron chi connectivity index (χ0n) is 20.1. The van der Waals surface area contributed by atoms with E-state index in [-0.39, 0.29) is 17.8 Å². The van der Waals surface area contributed by atoms with Crippen LogP contribution >= 0.6 is 0 Å². The molecule has 0 spiro atoms. The van der Waals surface area contributed by atoms with E-state index in [0.29, 0.717) is 26.2 Å². The number of rotatable bonds is 9. The van der Waals surface area contributed by atoms with Crippen LogP contribution in [0.15, 0.2) is 24.3 Å². The molecule has 1 atom stereocenters. The molecule has 0 bridgehead atoms. The summed E-state index contributed by atoms with van der Waals surface area (Å²) in [6.45, 7) is 16.0. The Kier molecular flexibility index (Phi) is 9.01. The van der Waals surface area contributed by atoms with Crippen LogP contribution in [0, 0.1) is 0 Å². The number of nitrogens with two attached hydrogens (primary N) is 1. The molecule has 1 fully saturated rings. The fraction of sp³-hybridized carbons (Fsp3) is 0.708. The molecule has 2 rings (SSSR count). The number of piperazine rings is 1. The highest BCUT2D eigenvalue weighted by Gasteiger charge is 2.26. The fourth-order valence-electron chi connectivity index (χ4n) is 3.42. The van der Waals surface area contributed by atoms with Gasteiger partial charge in [0.15, 0.2) is 0 Å². The first-order valence-corrected chi connectivity index (χ1v) is 11.3. The first-order valence-electron chi connectivity index (χ1n) is 11.3. The molecular weight excluding hydrogens is 394 g/mol. The Balaban J connectivity index is 1.76. The smallest absolute Gasteiger partial charge is 0.410 e. The molecule has 0 aromatic heterocycles. The van der Waals surface area contributed by atoms with Gasteiger partial charge in [-0.25, -0.2) is 4.79 Å². The maximum absolute atomic E-state index is 12.2. The normalized spacial score (nSPS) is 16.2. The topological polar surface area (TPSA) is 77.3 Å². The van der Waals surface area contributed by atoms with Crippen LogP contribution in [-0.2, 0) is 9.47 Å². The maximum atomic E-state index is 12.2. The van der Waals surface area contributed by atoms with Crippen LogP contribution in [0.3, 0.4) is 0 Å². The molecule has 1 aliphatic rings. The summed E-state index contributed by atoms with van der Waals surface area (Å²) < 4.78 is 17.4.